The largest absolute Gasteiger partial charge is 0.504 e. The molecule has 0 bridgehead atoms. The molecular formula is C14H22O4. The maximum atomic E-state index is 9.76. The summed E-state index contributed by atoms with van der Waals surface area (Å²) in [6.07, 6.45) is 3.86. The van der Waals surface area contributed by atoms with Crippen molar-refractivity contribution in [1.82, 2.24) is 0 Å². The molecule has 1 aromatic carbocycles. The third-order valence-corrected chi connectivity index (χ3v) is 2.55. The van der Waals surface area contributed by atoms with Gasteiger partial charge in [0.25, 0.3) is 0 Å². The first-order valence-corrected chi connectivity index (χ1v) is 6.50. The van der Waals surface area contributed by atoms with Gasteiger partial charge in [-0.25, -0.2) is 0 Å². The van der Waals surface area contributed by atoms with Gasteiger partial charge in [-0.05, 0) is 12.8 Å². The van der Waals surface area contributed by atoms with Gasteiger partial charge in [-0.2, -0.15) is 0 Å². The maximum Gasteiger partial charge on any atom is 0.164 e. The average Bonchev–Trinajstić information content (AvgIpc) is 2.35. The Labute approximate surface area is 108 Å². The second kappa shape index (κ2) is 7.69. The summed E-state index contributed by atoms with van der Waals surface area (Å²) in [5, 5.41) is 19.5. The van der Waals surface area contributed by atoms with Crippen LogP contribution in [0.2, 0.25) is 0 Å². The van der Waals surface area contributed by atoms with Crippen molar-refractivity contribution in [1.29, 1.82) is 0 Å². The molecule has 1 aromatic rings. The van der Waals surface area contributed by atoms with Crippen molar-refractivity contribution in [2.45, 2.75) is 39.5 Å². The number of hydrogen-bond acceptors (Lipinski definition) is 4. The lowest BCUT2D eigenvalue weighted by Crippen LogP contribution is -1.99. The number of ether oxygens (including phenoxy) is 2. The smallest absolute Gasteiger partial charge is 0.164 e. The van der Waals surface area contributed by atoms with E-state index in [0.717, 1.165) is 25.7 Å². The summed E-state index contributed by atoms with van der Waals surface area (Å²) < 4.78 is 10.7. The summed E-state index contributed by atoms with van der Waals surface area (Å²) in [4.78, 5) is 0. The predicted molar refractivity (Wildman–Crippen MR) is 70.6 cm³/mol. The zero-order valence-electron chi connectivity index (χ0n) is 11.1. The van der Waals surface area contributed by atoms with E-state index in [1.807, 2.05) is 0 Å². The zero-order valence-corrected chi connectivity index (χ0v) is 11.1. The van der Waals surface area contributed by atoms with Crippen molar-refractivity contribution >= 4 is 0 Å². The summed E-state index contributed by atoms with van der Waals surface area (Å²) in [5.41, 5.74) is 0. The van der Waals surface area contributed by atoms with Gasteiger partial charge in [-0.1, -0.05) is 26.7 Å². The van der Waals surface area contributed by atoms with Crippen LogP contribution in [0.15, 0.2) is 12.1 Å². The molecule has 0 amide bonds. The van der Waals surface area contributed by atoms with E-state index in [2.05, 4.69) is 13.8 Å². The van der Waals surface area contributed by atoms with Crippen LogP contribution in [0, 0.1) is 0 Å². The van der Waals surface area contributed by atoms with Gasteiger partial charge in [0, 0.05) is 12.1 Å². The lowest BCUT2D eigenvalue weighted by Gasteiger charge is -2.12. The molecule has 4 nitrogen and oxygen atoms in total. The summed E-state index contributed by atoms with van der Waals surface area (Å²) >= 11 is 0. The number of aromatic hydroxyl groups is 2. The molecule has 4 heteroatoms. The van der Waals surface area contributed by atoms with Crippen molar-refractivity contribution < 1.29 is 19.7 Å². The average molecular weight is 254 g/mol. The number of benzene rings is 1. The molecule has 0 aromatic heterocycles. The second-order valence-electron chi connectivity index (χ2n) is 4.19. The van der Waals surface area contributed by atoms with E-state index in [0.29, 0.717) is 24.7 Å². The molecule has 0 saturated carbocycles. The summed E-state index contributed by atoms with van der Waals surface area (Å²) in [7, 11) is 0. The standard InChI is InChI=1S/C14H22O4/c1-3-5-7-17-13-9-12(16)14(10-11(13)15)18-8-6-4-2/h9-10,15-16H,3-8H2,1-2H3. The van der Waals surface area contributed by atoms with E-state index >= 15 is 0 Å². The molecule has 1 rings (SSSR count). The monoisotopic (exact) mass is 254 g/mol. The maximum absolute atomic E-state index is 9.76. The van der Waals surface area contributed by atoms with Gasteiger partial charge in [0.15, 0.2) is 23.0 Å². The van der Waals surface area contributed by atoms with E-state index in [-0.39, 0.29) is 11.5 Å². The number of rotatable bonds is 8. The fourth-order valence-corrected chi connectivity index (χ4v) is 1.42. The van der Waals surface area contributed by atoms with Crippen molar-refractivity contribution in [3.63, 3.8) is 0 Å². The van der Waals surface area contributed by atoms with Gasteiger partial charge in [0.2, 0.25) is 0 Å². The van der Waals surface area contributed by atoms with Crippen LogP contribution in [0.3, 0.4) is 0 Å². The van der Waals surface area contributed by atoms with E-state index in [1.54, 1.807) is 0 Å². The van der Waals surface area contributed by atoms with Gasteiger partial charge in [-0.15, -0.1) is 0 Å². The first kappa shape index (κ1) is 14.5. The molecule has 102 valence electrons. The highest BCUT2D eigenvalue weighted by Crippen LogP contribution is 2.38. The minimum Gasteiger partial charge on any atom is -0.504 e. The highest BCUT2D eigenvalue weighted by Gasteiger charge is 2.10. The van der Waals surface area contributed by atoms with Crippen molar-refractivity contribution in [2.75, 3.05) is 13.2 Å². The highest BCUT2D eigenvalue weighted by molar-refractivity contribution is 5.52. The van der Waals surface area contributed by atoms with Crippen LogP contribution in [0.25, 0.3) is 0 Å². The first-order valence-electron chi connectivity index (χ1n) is 6.50. The minimum atomic E-state index is -0.00426. The highest BCUT2D eigenvalue weighted by atomic mass is 16.5. The summed E-state index contributed by atoms with van der Waals surface area (Å²) in [5.74, 6) is 0.582. The molecule has 2 N–H and O–H groups in total. The van der Waals surface area contributed by atoms with Gasteiger partial charge < -0.3 is 19.7 Å². The van der Waals surface area contributed by atoms with Gasteiger partial charge in [0.05, 0.1) is 13.2 Å². The molecular weight excluding hydrogens is 232 g/mol. The quantitative estimate of drug-likeness (QED) is 0.551. The zero-order chi connectivity index (χ0) is 13.4. The minimum absolute atomic E-state index is 0.00426. The summed E-state index contributed by atoms with van der Waals surface area (Å²) in [6.45, 7) is 5.18. The van der Waals surface area contributed by atoms with Crippen molar-refractivity contribution in [2.24, 2.45) is 0 Å². The van der Waals surface area contributed by atoms with Crippen LogP contribution in [0.1, 0.15) is 39.5 Å². The SMILES string of the molecule is CCCCOc1cc(O)c(OCCCC)cc1O. The number of phenols is 2. The van der Waals surface area contributed by atoms with Crippen LogP contribution in [0.4, 0.5) is 0 Å². The Balaban J connectivity index is 2.64. The molecule has 0 aliphatic heterocycles. The predicted octanol–water partition coefficient (Wildman–Crippen LogP) is 3.46. The lowest BCUT2D eigenvalue weighted by atomic mass is 10.2. The molecule has 0 radical (unpaired) electrons. The Morgan fingerprint density at radius 3 is 1.56 bits per heavy atom. The fourth-order valence-electron chi connectivity index (χ4n) is 1.42. The molecule has 0 fully saturated rings. The van der Waals surface area contributed by atoms with Gasteiger partial charge >= 0.3 is 0 Å². The topological polar surface area (TPSA) is 58.9 Å². The van der Waals surface area contributed by atoms with Gasteiger partial charge in [-0.3, -0.25) is 0 Å². The Hall–Kier alpha value is -1.58. The Morgan fingerprint density at radius 2 is 1.22 bits per heavy atom. The molecule has 0 aliphatic carbocycles. The normalized spacial score (nSPS) is 10.3. The third-order valence-electron chi connectivity index (χ3n) is 2.55. The molecule has 18 heavy (non-hydrogen) atoms. The molecule has 0 aliphatic rings. The van der Waals surface area contributed by atoms with Crippen molar-refractivity contribution in [3.8, 4) is 23.0 Å². The molecule has 0 heterocycles. The number of hydrogen-bond donors (Lipinski definition) is 2. The number of unbranched alkanes of at least 4 members (excludes halogenated alkanes) is 2. The fraction of sp³-hybridized carbons (Fsp3) is 0.571. The lowest BCUT2D eigenvalue weighted by molar-refractivity contribution is 0.275. The van der Waals surface area contributed by atoms with E-state index < -0.39 is 0 Å². The molecule has 0 saturated heterocycles. The van der Waals surface area contributed by atoms with Crippen molar-refractivity contribution in [3.05, 3.63) is 12.1 Å². The van der Waals surface area contributed by atoms with Crippen LogP contribution >= 0.6 is 0 Å². The van der Waals surface area contributed by atoms with E-state index in [4.69, 9.17) is 9.47 Å². The molecule has 0 spiro atoms. The number of phenolic OH excluding ortho intramolecular Hbond substituents is 2. The van der Waals surface area contributed by atoms with Gasteiger partial charge in [0.1, 0.15) is 0 Å². The first-order chi connectivity index (χ1) is 8.69. The van der Waals surface area contributed by atoms with E-state index in [9.17, 15) is 10.2 Å². The Kier molecular flexibility index (Phi) is 6.19. The van der Waals surface area contributed by atoms with Crippen LogP contribution < -0.4 is 9.47 Å². The Bertz CT molecular complexity index is 327. The molecule has 0 atom stereocenters. The van der Waals surface area contributed by atoms with Crippen LogP contribution in [0.5, 0.6) is 23.0 Å². The van der Waals surface area contributed by atoms with E-state index in [1.165, 1.54) is 12.1 Å². The summed E-state index contributed by atoms with van der Waals surface area (Å²) in [6, 6.07) is 2.79. The third kappa shape index (κ3) is 4.35. The van der Waals surface area contributed by atoms with Crippen LogP contribution in [-0.4, -0.2) is 23.4 Å². The Morgan fingerprint density at radius 1 is 0.833 bits per heavy atom. The van der Waals surface area contributed by atoms with Crippen LogP contribution in [-0.2, 0) is 0 Å². The second-order valence-corrected chi connectivity index (χ2v) is 4.19. The molecule has 0 unspecified atom stereocenters.